The van der Waals surface area contributed by atoms with Gasteiger partial charge in [-0.2, -0.15) is 5.26 Å². The van der Waals surface area contributed by atoms with Crippen molar-refractivity contribution in [3.8, 4) is 16.5 Å². The number of thiophene rings is 1. The summed E-state index contributed by atoms with van der Waals surface area (Å²) in [5.41, 5.74) is 4.45. The number of rotatable bonds is 5. The number of aliphatic hydroxyl groups excluding tert-OH is 4. The van der Waals surface area contributed by atoms with Crippen molar-refractivity contribution in [2.45, 2.75) is 43.9 Å². The summed E-state index contributed by atoms with van der Waals surface area (Å²) in [6.45, 7) is 1.56. The molecular formula is C25H25NO5S. The third-order valence-electron chi connectivity index (χ3n) is 5.90. The molecule has 1 fully saturated rings. The van der Waals surface area contributed by atoms with E-state index in [4.69, 9.17) is 10.00 Å². The Morgan fingerprint density at radius 1 is 1.00 bits per heavy atom. The summed E-state index contributed by atoms with van der Waals surface area (Å²) in [5, 5.41) is 49.2. The monoisotopic (exact) mass is 451 g/mol. The molecule has 1 saturated heterocycles. The Hall–Kier alpha value is -2.57. The normalized spacial score (nSPS) is 25.4. The molecule has 0 radical (unpaired) electrons. The quantitative estimate of drug-likeness (QED) is 0.474. The Morgan fingerprint density at radius 3 is 2.56 bits per heavy atom. The van der Waals surface area contributed by atoms with Crippen LogP contribution in [0.3, 0.4) is 0 Å². The molecule has 1 aliphatic heterocycles. The highest BCUT2D eigenvalue weighted by Gasteiger charge is 2.43. The summed E-state index contributed by atoms with van der Waals surface area (Å²) in [5.74, 6) is 0. The molecule has 2 heterocycles. The van der Waals surface area contributed by atoms with Crippen LogP contribution in [0.2, 0.25) is 0 Å². The highest BCUT2D eigenvalue weighted by atomic mass is 32.1. The van der Waals surface area contributed by atoms with Gasteiger partial charge < -0.3 is 25.2 Å². The Balaban J connectivity index is 1.58. The Bertz CT molecular complexity index is 1140. The number of hydrogen-bond donors (Lipinski definition) is 4. The van der Waals surface area contributed by atoms with E-state index < -0.39 is 37.1 Å². The van der Waals surface area contributed by atoms with Crippen molar-refractivity contribution < 1.29 is 25.2 Å². The van der Waals surface area contributed by atoms with E-state index in [2.05, 4.69) is 12.1 Å². The number of nitriles is 1. The molecule has 0 bridgehead atoms. The van der Waals surface area contributed by atoms with Crippen molar-refractivity contribution in [1.82, 2.24) is 0 Å². The minimum atomic E-state index is -1.40. The number of ether oxygens (including phenoxy) is 1. The van der Waals surface area contributed by atoms with Crippen molar-refractivity contribution >= 4 is 11.3 Å². The van der Waals surface area contributed by atoms with E-state index in [-0.39, 0.29) is 0 Å². The first kappa shape index (κ1) is 22.6. The predicted molar refractivity (Wildman–Crippen MR) is 121 cm³/mol. The first-order valence-corrected chi connectivity index (χ1v) is 11.2. The number of benzene rings is 2. The van der Waals surface area contributed by atoms with Crippen LogP contribution in [-0.4, -0.2) is 51.4 Å². The maximum Gasteiger partial charge on any atom is 0.113 e. The Kier molecular flexibility index (Phi) is 6.72. The highest BCUT2D eigenvalue weighted by molar-refractivity contribution is 7.15. The van der Waals surface area contributed by atoms with Crippen LogP contribution < -0.4 is 0 Å². The number of aliphatic hydroxyl groups is 4. The van der Waals surface area contributed by atoms with Crippen LogP contribution in [0.5, 0.6) is 0 Å². The maximum absolute atomic E-state index is 10.5. The number of nitrogens with zero attached hydrogens (tertiary/aromatic N) is 1. The fourth-order valence-corrected chi connectivity index (χ4v) is 5.02. The van der Waals surface area contributed by atoms with Crippen LogP contribution in [0.4, 0.5) is 0 Å². The fourth-order valence-electron chi connectivity index (χ4n) is 3.99. The van der Waals surface area contributed by atoms with E-state index >= 15 is 0 Å². The van der Waals surface area contributed by atoms with Gasteiger partial charge in [-0.25, -0.2) is 0 Å². The van der Waals surface area contributed by atoms with Gasteiger partial charge in [-0.1, -0.05) is 30.3 Å². The molecule has 0 saturated carbocycles. The Morgan fingerprint density at radius 2 is 1.81 bits per heavy atom. The number of aryl methyl sites for hydroxylation is 1. The van der Waals surface area contributed by atoms with Crippen LogP contribution >= 0.6 is 11.3 Å². The molecule has 1 aromatic heterocycles. The van der Waals surface area contributed by atoms with Gasteiger partial charge in [-0.15, -0.1) is 11.3 Å². The standard InChI is InChI=1S/C25H25NO5S/c1-14-5-6-17(25-24(30)23(29)22(28)20(13-27)31-25)10-18(14)11-19-7-8-21(32-19)16-4-2-3-15(9-16)12-26/h2-10,20,22-25,27-30H,11,13H2,1H3/t20-,22-,23+,24-,25?/m1/s1. The van der Waals surface area contributed by atoms with Crippen LogP contribution in [0.25, 0.3) is 10.4 Å². The summed E-state index contributed by atoms with van der Waals surface area (Å²) < 4.78 is 5.71. The average molecular weight is 452 g/mol. The third kappa shape index (κ3) is 4.48. The largest absolute Gasteiger partial charge is 0.394 e. The number of hydrogen-bond acceptors (Lipinski definition) is 7. The lowest BCUT2D eigenvalue weighted by atomic mass is 9.89. The lowest BCUT2D eigenvalue weighted by Gasteiger charge is -2.40. The lowest BCUT2D eigenvalue weighted by Crippen LogP contribution is -2.55. The molecule has 166 valence electrons. The molecule has 6 nitrogen and oxygen atoms in total. The topological polar surface area (TPSA) is 114 Å². The van der Waals surface area contributed by atoms with Crippen LogP contribution in [0, 0.1) is 18.3 Å². The molecule has 2 aromatic carbocycles. The molecule has 0 amide bonds. The summed E-state index contributed by atoms with van der Waals surface area (Å²) >= 11 is 1.66. The molecule has 4 N–H and O–H groups in total. The van der Waals surface area contributed by atoms with Crippen molar-refractivity contribution in [1.29, 1.82) is 5.26 Å². The van der Waals surface area contributed by atoms with Crippen molar-refractivity contribution in [3.63, 3.8) is 0 Å². The first-order valence-electron chi connectivity index (χ1n) is 10.4. The van der Waals surface area contributed by atoms with Gasteiger partial charge in [-0.05, 0) is 53.4 Å². The van der Waals surface area contributed by atoms with Gasteiger partial charge in [0, 0.05) is 16.2 Å². The summed E-state index contributed by atoms with van der Waals surface area (Å²) in [6, 6.07) is 19.5. The summed E-state index contributed by atoms with van der Waals surface area (Å²) in [4.78, 5) is 2.23. The molecule has 32 heavy (non-hydrogen) atoms. The smallest absolute Gasteiger partial charge is 0.113 e. The van der Waals surface area contributed by atoms with Crippen molar-refractivity contribution in [2.24, 2.45) is 0 Å². The molecule has 5 atom stereocenters. The van der Waals surface area contributed by atoms with Gasteiger partial charge in [-0.3, -0.25) is 0 Å². The zero-order valence-corrected chi connectivity index (χ0v) is 18.4. The minimum absolute atomic E-state index is 0.453. The zero-order valence-electron chi connectivity index (χ0n) is 17.5. The van der Waals surface area contributed by atoms with Crippen LogP contribution in [0.15, 0.2) is 54.6 Å². The Labute approximate surface area is 190 Å². The second kappa shape index (κ2) is 9.51. The molecule has 7 heteroatoms. The van der Waals surface area contributed by atoms with Crippen LogP contribution in [-0.2, 0) is 11.2 Å². The molecular weight excluding hydrogens is 426 g/mol. The summed E-state index contributed by atoms with van der Waals surface area (Å²) in [7, 11) is 0. The van der Waals surface area contributed by atoms with E-state index in [1.807, 2.05) is 49.4 Å². The van der Waals surface area contributed by atoms with E-state index in [1.54, 1.807) is 17.4 Å². The molecule has 0 spiro atoms. The molecule has 4 rings (SSSR count). The van der Waals surface area contributed by atoms with Crippen molar-refractivity contribution in [3.05, 3.63) is 81.7 Å². The predicted octanol–water partition coefficient (Wildman–Crippen LogP) is 2.70. The first-order chi connectivity index (χ1) is 15.4. The molecule has 1 unspecified atom stereocenters. The fraction of sp³-hybridized carbons (Fsp3) is 0.320. The third-order valence-corrected chi connectivity index (χ3v) is 7.03. The van der Waals surface area contributed by atoms with Crippen molar-refractivity contribution in [2.75, 3.05) is 6.61 Å². The molecule has 3 aromatic rings. The minimum Gasteiger partial charge on any atom is -0.394 e. The van der Waals surface area contributed by atoms with Crippen LogP contribution in [0.1, 0.15) is 33.2 Å². The van der Waals surface area contributed by atoms with Gasteiger partial charge in [0.25, 0.3) is 0 Å². The van der Waals surface area contributed by atoms with E-state index in [9.17, 15) is 20.4 Å². The average Bonchev–Trinajstić information content (AvgIpc) is 3.28. The lowest BCUT2D eigenvalue weighted by molar-refractivity contribution is -0.231. The van der Waals surface area contributed by atoms with Gasteiger partial charge >= 0.3 is 0 Å². The second-order valence-corrected chi connectivity index (χ2v) is 9.24. The zero-order chi connectivity index (χ0) is 22.8. The molecule has 0 aliphatic carbocycles. The van der Waals surface area contributed by atoms with E-state index in [0.29, 0.717) is 17.5 Å². The SMILES string of the molecule is Cc1ccc(C2O[C@H](CO)[C@@H](O)[C@H](O)[C@H]2O)cc1Cc1ccc(-c2cccc(C#N)c2)s1. The van der Waals surface area contributed by atoms with E-state index in [0.717, 1.165) is 26.4 Å². The summed E-state index contributed by atoms with van der Waals surface area (Å²) in [6.07, 6.45) is -5.19. The van der Waals surface area contributed by atoms with Gasteiger partial charge in [0.05, 0.1) is 18.2 Å². The maximum atomic E-state index is 10.5. The molecule has 1 aliphatic rings. The van der Waals surface area contributed by atoms with Gasteiger partial charge in [0.1, 0.15) is 30.5 Å². The highest BCUT2D eigenvalue weighted by Crippen LogP contribution is 2.35. The van der Waals surface area contributed by atoms with Gasteiger partial charge in [0.15, 0.2) is 0 Å². The second-order valence-electron chi connectivity index (χ2n) is 8.07. The van der Waals surface area contributed by atoms with Gasteiger partial charge in [0.2, 0.25) is 0 Å². The van der Waals surface area contributed by atoms with E-state index in [1.165, 1.54) is 0 Å².